The Bertz CT molecular complexity index is 826. The molecule has 0 fully saturated rings. The highest BCUT2D eigenvalue weighted by Gasteiger charge is 2.35. The second-order valence-electron chi connectivity index (χ2n) is 5.06. The van der Waals surface area contributed by atoms with Crippen molar-refractivity contribution in [2.75, 3.05) is 12.4 Å². The summed E-state index contributed by atoms with van der Waals surface area (Å²) in [7, 11) is 1.30. The van der Waals surface area contributed by atoms with Crippen molar-refractivity contribution in [3.63, 3.8) is 0 Å². The molecule has 0 bridgehead atoms. The number of nitro groups is 1. The molecule has 1 aliphatic heterocycles. The van der Waals surface area contributed by atoms with E-state index in [0.29, 0.717) is 29.2 Å². The molecule has 0 amide bonds. The molecule has 0 spiro atoms. The van der Waals surface area contributed by atoms with Gasteiger partial charge in [-0.3, -0.25) is 10.1 Å². The van der Waals surface area contributed by atoms with Crippen LogP contribution in [0.15, 0.2) is 35.5 Å². The molecule has 0 saturated carbocycles. The summed E-state index contributed by atoms with van der Waals surface area (Å²) in [4.78, 5) is 22.7. The number of hydrogen-bond donors (Lipinski definition) is 1. The van der Waals surface area contributed by atoms with Crippen molar-refractivity contribution in [2.45, 2.75) is 19.4 Å². The van der Waals surface area contributed by atoms with Gasteiger partial charge in [0, 0.05) is 17.8 Å². The molecule has 0 saturated heterocycles. The minimum absolute atomic E-state index is 0.0380. The van der Waals surface area contributed by atoms with E-state index in [1.165, 1.54) is 23.9 Å². The van der Waals surface area contributed by atoms with Crippen molar-refractivity contribution in [2.24, 2.45) is 0 Å². The van der Waals surface area contributed by atoms with Crippen LogP contribution in [-0.2, 0) is 9.53 Å². The summed E-state index contributed by atoms with van der Waals surface area (Å²) in [5, 5.41) is 25.3. The number of anilines is 1. The highest BCUT2D eigenvalue weighted by molar-refractivity contribution is 5.92. The van der Waals surface area contributed by atoms with Crippen LogP contribution in [-0.4, -0.2) is 38.2 Å². The van der Waals surface area contributed by atoms with E-state index in [-0.39, 0.29) is 5.69 Å². The number of ether oxygens (including phenoxy) is 1. The first-order valence-corrected chi connectivity index (χ1v) is 7.17. The minimum Gasteiger partial charge on any atom is -0.466 e. The monoisotopic (exact) mass is 330 g/mol. The maximum atomic E-state index is 12.3. The number of tetrazole rings is 1. The molecule has 0 unspecified atom stereocenters. The Morgan fingerprint density at radius 1 is 1.42 bits per heavy atom. The maximum Gasteiger partial charge on any atom is 0.338 e. The van der Waals surface area contributed by atoms with Gasteiger partial charge >= 0.3 is 5.97 Å². The molecule has 124 valence electrons. The average molecular weight is 330 g/mol. The van der Waals surface area contributed by atoms with Gasteiger partial charge in [0.1, 0.15) is 6.04 Å². The SMILES string of the molecule is CCC1=C(C(=O)OC)[C@H](c2ccc([N+](=O)[O-])cc2)n2nnnc2N1. The number of allylic oxidation sites excluding steroid dienone is 1. The number of methoxy groups -OCH3 is 1. The summed E-state index contributed by atoms with van der Waals surface area (Å²) in [5.74, 6) is -0.119. The molecule has 1 N–H and O–H groups in total. The van der Waals surface area contributed by atoms with Gasteiger partial charge in [0.25, 0.3) is 5.69 Å². The lowest BCUT2D eigenvalue weighted by atomic mass is 9.94. The molecule has 0 radical (unpaired) electrons. The van der Waals surface area contributed by atoms with Crippen LogP contribution in [0.1, 0.15) is 24.9 Å². The van der Waals surface area contributed by atoms with E-state index in [4.69, 9.17) is 4.74 Å². The molecule has 10 nitrogen and oxygen atoms in total. The van der Waals surface area contributed by atoms with E-state index >= 15 is 0 Å². The van der Waals surface area contributed by atoms with Gasteiger partial charge in [-0.2, -0.15) is 4.68 Å². The third-order valence-corrected chi connectivity index (χ3v) is 3.78. The Hall–Kier alpha value is -3.30. The smallest absolute Gasteiger partial charge is 0.338 e. The van der Waals surface area contributed by atoms with Crippen LogP contribution in [0, 0.1) is 10.1 Å². The third kappa shape index (κ3) is 2.47. The quantitative estimate of drug-likeness (QED) is 0.507. The van der Waals surface area contributed by atoms with Crippen LogP contribution in [0.25, 0.3) is 0 Å². The molecule has 0 aliphatic carbocycles. The summed E-state index contributed by atoms with van der Waals surface area (Å²) in [6.07, 6.45) is 0.542. The molecule has 24 heavy (non-hydrogen) atoms. The van der Waals surface area contributed by atoms with Gasteiger partial charge in [-0.1, -0.05) is 12.0 Å². The van der Waals surface area contributed by atoms with Gasteiger partial charge in [0.05, 0.1) is 17.6 Å². The van der Waals surface area contributed by atoms with Crippen molar-refractivity contribution in [1.29, 1.82) is 0 Å². The van der Waals surface area contributed by atoms with Crippen LogP contribution in [0.4, 0.5) is 11.6 Å². The molecule has 3 rings (SSSR count). The van der Waals surface area contributed by atoms with Crippen molar-refractivity contribution >= 4 is 17.6 Å². The van der Waals surface area contributed by atoms with E-state index < -0.39 is 16.9 Å². The number of carbonyl (C=O) groups is 1. The van der Waals surface area contributed by atoms with Crippen LogP contribution in [0.5, 0.6) is 0 Å². The fourth-order valence-corrected chi connectivity index (χ4v) is 2.65. The normalized spacial score (nSPS) is 16.3. The minimum atomic E-state index is -0.626. The Balaban J connectivity index is 2.15. The molecule has 2 heterocycles. The second-order valence-corrected chi connectivity index (χ2v) is 5.06. The predicted octanol–water partition coefficient (Wildman–Crippen LogP) is 1.43. The first-order chi connectivity index (χ1) is 11.6. The van der Waals surface area contributed by atoms with Gasteiger partial charge in [-0.05, 0) is 34.5 Å². The third-order valence-electron chi connectivity index (χ3n) is 3.78. The van der Waals surface area contributed by atoms with Gasteiger partial charge in [0.15, 0.2) is 0 Å². The molecule has 1 aromatic heterocycles. The largest absolute Gasteiger partial charge is 0.466 e. The van der Waals surface area contributed by atoms with Gasteiger partial charge in [0.2, 0.25) is 5.95 Å². The molecule has 10 heteroatoms. The summed E-state index contributed by atoms with van der Waals surface area (Å²) < 4.78 is 6.35. The standard InChI is InChI=1S/C14H14N6O4/c1-3-10-11(13(21)24-2)12(19-14(15-10)16-17-18-19)8-4-6-9(7-5-8)20(22)23/h4-7,12H,3H2,1-2H3,(H,15,16,18)/t12-/m0/s1. The van der Waals surface area contributed by atoms with E-state index in [9.17, 15) is 14.9 Å². The van der Waals surface area contributed by atoms with Gasteiger partial charge in [-0.15, -0.1) is 0 Å². The van der Waals surface area contributed by atoms with Gasteiger partial charge in [-0.25, -0.2) is 4.79 Å². The van der Waals surface area contributed by atoms with Crippen LogP contribution in [0.2, 0.25) is 0 Å². The zero-order valence-electron chi connectivity index (χ0n) is 13.0. The zero-order valence-corrected chi connectivity index (χ0v) is 13.0. The Labute approximate surface area is 136 Å². The van der Waals surface area contributed by atoms with Crippen molar-refractivity contribution in [1.82, 2.24) is 20.2 Å². The number of aromatic nitrogens is 4. The van der Waals surface area contributed by atoms with Crippen LogP contribution >= 0.6 is 0 Å². The number of carbonyl (C=O) groups excluding carboxylic acids is 1. The number of hydrogen-bond acceptors (Lipinski definition) is 8. The first kappa shape index (κ1) is 15.6. The lowest BCUT2D eigenvalue weighted by Crippen LogP contribution is -2.30. The second kappa shape index (κ2) is 6.07. The highest BCUT2D eigenvalue weighted by atomic mass is 16.6. The zero-order chi connectivity index (χ0) is 17.3. The Kier molecular flexibility index (Phi) is 3.94. The summed E-state index contributed by atoms with van der Waals surface area (Å²) in [6.45, 7) is 1.89. The lowest BCUT2D eigenvalue weighted by Gasteiger charge is -2.27. The Morgan fingerprint density at radius 2 is 2.12 bits per heavy atom. The van der Waals surface area contributed by atoms with Crippen molar-refractivity contribution in [3.05, 3.63) is 51.2 Å². The van der Waals surface area contributed by atoms with E-state index in [2.05, 4.69) is 20.8 Å². The highest BCUT2D eigenvalue weighted by Crippen LogP contribution is 2.36. The van der Waals surface area contributed by atoms with E-state index in [1.807, 2.05) is 6.92 Å². The Morgan fingerprint density at radius 3 is 2.71 bits per heavy atom. The number of non-ortho nitro benzene ring substituents is 1. The molecular formula is C14H14N6O4. The van der Waals surface area contributed by atoms with Gasteiger partial charge < -0.3 is 10.1 Å². The summed E-state index contributed by atoms with van der Waals surface area (Å²) >= 11 is 0. The molecule has 1 aliphatic rings. The first-order valence-electron chi connectivity index (χ1n) is 7.17. The molecular weight excluding hydrogens is 316 g/mol. The topological polar surface area (TPSA) is 125 Å². The van der Waals surface area contributed by atoms with E-state index in [0.717, 1.165) is 0 Å². The number of nitrogens with one attached hydrogen (secondary N) is 1. The number of fused-ring (bicyclic) bond motifs is 1. The van der Waals surface area contributed by atoms with Crippen LogP contribution in [0.3, 0.4) is 0 Å². The molecule has 1 aromatic carbocycles. The van der Waals surface area contributed by atoms with Crippen molar-refractivity contribution in [3.8, 4) is 0 Å². The maximum absolute atomic E-state index is 12.3. The predicted molar refractivity (Wildman–Crippen MR) is 82.0 cm³/mol. The van der Waals surface area contributed by atoms with E-state index in [1.54, 1.807) is 12.1 Å². The number of esters is 1. The fraction of sp³-hybridized carbons (Fsp3) is 0.286. The molecule has 2 aromatic rings. The average Bonchev–Trinajstić information content (AvgIpc) is 3.07. The number of nitrogens with zero attached hydrogens (tertiary/aromatic N) is 5. The summed E-state index contributed by atoms with van der Waals surface area (Å²) in [6, 6.07) is 5.29. The molecule has 1 atom stereocenters. The van der Waals surface area contributed by atoms with Crippen molar-refractivity contribution < 1.29 is 14.5 Å². The fourth-order valence-electron chi connectivity index (χ4n) is 2.65. The lowest BCUT2D eigenvalue weighted by molar-refractivity contribution is -0.384. The number of nitro benzene ring substituents is 1. The number of rotatable bonds is 4. The summed E-state index contributed by atoms with van der Waals surface area (Å²) in [5.41, 5.74) is 1.62. The van der Waals surface area contributed by atoms with Crippen LogP contribution < -0.4 is 5.32 Å². The number of benzene rings is 1.